The topological polar surface area (TPSA) is 64.6 Å². The normalized spacial score (nSPS) is 12.5. The maximum absolute atomic E-state index is 13.4. The summed E-state index contributed by atoms with van der Waals surface area (Å²) in [6.45, 7) is 4.98. The first-order valence-corrected chi connectivity index (χ1v) is 7.12. The quantitative estimate of drug-likeness (QED) is 0.669. The van der Waals surface area contributed by atoms with E-state index in [4.69, 9.17) is 16.3 Å². The third kappa shape index (κ3) is 6.02. The van der Waals surface area contributed by atoms with E-state index in [9.17, 15) is 18.4 Å². The Morgan fingerprint density at radius 3 is 2.39 bits per heavy atom. The highest BCUT2D eigenvalue weighted by molar-refractivity contribution is 6.30. The molecule has 0 fully saturated rings. The summed E-state index contributed by atoms with van der Waals surface area (Å²) in [5.41, 5.74) is -0.531. The van der Waals surface area contributed by atoms with E-state index in [1.807, 2.05) is 0 Å². The molecule has 1 N–H and O–H groups in total. The van der Waals surface area contributed by atoms with E-state index in [0.717, 1.165) is 13.2 Å². The fourth-order valence-electron chi connectivity index (χ4n) is 1.75. The lowest BCUT2D eigenvalue weighted by molar-refractivity contribution is -0.143. The number of benzene rings is 1. The van der Waals surface area contributed by atoms with Crippen LogP contribution in [0.5, 0.6) is 0 Å². The SMILES string of the molecule is COC(=O)[C@H](Cc1cc(F)c(F)c(Cl)c1)NC(=O)OC(C)(C)C. The van der Waals surface area contributed by atoms with Gasteiger partial charge in [-0.05, 0) is 38.5 Å². The molecule has 1 aromatic carbocycles. The largest absolute Gasteiger partial charge is 0.467 e. The van der Waals surface area contributed by atoms with Crippen molar-refractivity contribution in [3.63, 3.8) is 0 Å². The Kier molecular flexibility index (Phi) is 6.32. The fourth-order valence-corrected chi connectivity index (χ4v) is 1.98. The van der Waals surface area contributed by atoms with Crippen molar-refractivity contribution in [3.05, 3.63) is 34.4 Å². The first kappa shape index (κ1) is 19.2. The second kappa shape index (κ2) is 7.59. The van der Waals surface area contributed by atoms with Gasteiger partial charge in [0, 0.05) is 6.42 Å². The van der Waals surface area contributed by atoms with Crippen LogP contribution >= 0.6 is 11.6 Å². The zero-order valence-electron chi connectivity index (χ0n) is 13.2. The Balaban J connectivity index is 2.92. The van der Waals surface area contributed by atoms with Gasteiger partial charge in [0.15, 0.2) is 11.6 Å². The second-order valence-corrected chi connectivity index (χ2v) is 6.21. The van der Waals surface area contributed by atoms with Crippen molar-refractivity contribution >= 4 is 23.7 Å². The molecule has 1 rings (SSSR count). The number of nitrogens with one attached hydrogen (secondary N) is 1. The minimum atomic E-state index is -1.18. The van der Waals surface area contributed by atoms with Crippen molar-refractivity contribution in [1.82, 2.24) is 5.32 Å². The monoisotopic (exact) mass is 349 g/mol. The lowest BCUT2D eigenvalue weighted by Gasteiger charge is -2.22. The van der Waals surface area contributed by atoms with E-state index in [1.54, 1.807) is 20.8 Å². The zero-order chi connectivity index (χ0) is 17.8. The van der Waals surface area contributed by atoms with Crippen LogP contribution in [0.25, 0.3) is 0 Å². The summed E-state index contributed by atoms with van der Waals surface area (Å²) < 4.78 is 36.2. The molecule has 0 aromatic heterocycles. The summed E-state index contributed by atoms with van der Waals surface area (Å²) in [6.07, 6.45) is -0.968. The van der Waals surface area contributed by atoms with Gasteiger partial charge < -0.3 is 14.8 Å². The van der Waals surface area contributed by atoms with Crippen LogP contribution in [0.3, 0.4) is 0 Å². The summed E-state index contributed by atoms with van der Waals surface area (Å²) >= 11 is 5.57. The molecule has 8 heteroatoms. The summed E-state index contributed by atoms with van der Waals surface area (Å²) in [5.74, 6) is -3.07. The molecule has 0 saturated carbocycles. The van der Waals surface area contributed by atoms with Gasteiger partial charge in [0.05, 0.1) is 12.1 Å². The van der Waals surface area contributed by atoms with Crippen LogP contribution < -0.4 is 5.32 Å². The molecule has 1 aromatic rings. The molecule has 0 radical (unpaired) electrons. The number of carbonyl (C=O) groups excluding carboxylic acids is 2. The lowest BCUT2D eigenvalue weighted by atomic mass is 10.1. The number of ether oxygens (including phenoxy) is 2. The van der Waals surface area contributed by atoms with Gasteiger partial charge in [-0.1, -0.05) is 11.6 Å². The number of esters is 1. The average molecular weight is 350 g/mol. The van der Waals surface area contributed by atoms with Crippen LogP contribution in [-0.4, -0.2) is 30.8 Å². The highest BCUT2D eigenvalue weighted by atomic mass is 35.5. The Morgan fingerprint density at radius 1 is 1.30 bits per heavy atom. The first-order valence-electron chi connectivity index (χ1n) is 6.74. The van der Waals surface area contributed by atoms with Crippen LogP contribution in [0.2, 0.25) is 5.02 Å². The minimum absolute atomic E-state index is 0.136. The van der Waals surface area contributed by atoms with Crippen molar-refractivity contribution in [3.8, 4) is 0 Å². The molecule has 0 aliphatic rings. The second-order valence-electron chi connectivity index (χ2n) is 5.80. The first-order chi connectivity index (χ1) is 10.5. The molecule has 1 amide bonds. The minimum Gasteiger partial charge on any atom is -0.467 e. The number of methoxy groups -OCH3 is 1. The van der Waals surface area contributed by atoms with Crippen LogP contribution in [0.15, 0.2) is 12.1 Å². The van der Waals surface area contributed by atoms with Crippen molar-refractivity contribution in [2.75, 3.05) is 7.11 Å². The Labute approximate surface area is 137 Å². The predicted octanol–water partition coefficient (Wildman–Crippen LogP) is 3.23. The molecule has 0 aliphatic heterocycles. The van der Waals surface area contributed by atoms with Gasteiger partial charge in [-0.3, -0.25) is 0 Å². The van der Waals surface area contributed by atoms with Gasteiger partial charge in [-0.25, -0.2) is 18.4 Å². The molecule has 0 saturated heterocycles. The standard InChI is InChI=1S/C15H18ClF2NO4/c1-15(2,3)23-14(21)19-11(13(20)22-4)7-8-5-9(16)12(18)10(17)6-8/h5-6,11H,7H2,1-4H3,(H,19,21)/t11-/m0/s1. The highest BCUT2D eigenvalue weighted by Gasteiger charge is 2.26. The maximum atomic E-state index is 13.4. The van der Waals surface area contributed by atoms with Gasteiger partial charge in [0.2, 0.25) is 0 Å². The third-order valence-corrected chi connectivity index (χ3v) is 2.94. The van der Waals surface area contributed by atoms with Gasteiger partial charge in [0.1, 0.15) is 11.6 Å². The zero-order valence-corrected chi connectivity index (χ0v) is 14.0. The van der Waals surface area contributed by atoms with Crippen LogP contribution in [0, 0.1) is 11.6 Å². The number of rotatable bonds is 4. The molecule has 0 heterocycles. The van der Waals surface area contributed by atoms with E-state index in [1.165, 1.54) is 6.07 Å². The Hall–Kier alpha value is -1.89. The fraction of sp³-hybridized carbons (Fsp3) is 0.467. The summed E-state index contributed by atoms with van der Waals surface area (Å²) in [7, 11) is 1.14. The van der Waals surface area contributed by atoms with E-state index in [-0.39, 0.29) is 12.0 Å². The molecule has 0 bridgehead atoms. The van der Waals surface area contributed by atoms with Gasteiger partial charge in [-0.15, -0.1) is 0 Å². The van der Waals surface area contributed by atoms with Crippen LogP contribution in [0.1, 0.15) is 26.3 Å². The molecule has 0 aliphatic carbocycles. The molecular formula is C15H18ClF2NO4. The number of alkyl carbamates (subject to hydrolysis) is 1. The predicted molar refractivity (Wildman–Crippen MR) is 80.2 cm³/mol. The van der Waals surface area contributed by atoms with Crippen molar-refractivity contribution < 1.29 is 27.8 Å². The Bertz CT molecular complexity index is 579. The Morgan fingerprint density at radius 2 is 1.91 bits per heavy atom. The van der Waals surface area contributed by atoms with E-state index < -0.39 is 40.4 Å². The van der Waals surface area contributed by atoms with Crippen molar-refractivity contribution in [2.45, 2.75) is 38.8 Å². The third-order valence-electron chi connectivity index (χ3n) is 2.66. The van der Waals surface area contributed by atoms with E-state index >= 15 is 0 Å². The van der Waals surface area contributed by atoms with Gasteiger partial charge in [-0.2, -0.15) is 0 Å². The molecule has 5 nitrogen and oxygen atoms in total. The number of hydrogen-bond donors (Lipinski definition) is 1. The van der Waals surface area contributed by atoms with Gasteiger partial charge in [0.25, 0.3) is 0 Å². The number of halogens is 3. The van der Waals surface area contributed by atoms with E-state index in [2.05, 4.69) is 10.1 Å². The molecule has 0 unspecified atom stereocenters. The molecule has 0 spiro atoms. The summed E-state index contributed by atoms with van der Waals surface area (Å²) in [6, 6.07) is 0.941. The van der Waals surface area contributed by atoms with Crippen molar-refractivity contribution in [1.29, 1.82) is 0 Å². The average Bonchev–Trinajstić information content (AvgIpc) is 2.41. The maximum Gasteiger partial charge on any atom is 0.408 e. The van der Waals surface area contributed by atoms with Crippen LogP contribution in [-0.2, 0) is 20.7 Å². The molecular weight excluding hydrogens is 332 g/mol. The molecule has 23 heavy (non-hydrogen) atoms. The van der Waals surface area contributed by atoms with Gasteiger partial charge >= 0.3 is 12.1 Å². The smallest absolute Gasteiger partial charge is 0.408 e. The number of carbonyl (C=O) groups is 2. The highest BCUT2D eigenvalue weighted by Crippen LogP contribution is 2.21. The number of amides is 1. The van der Waals surface area contributed by atoms with Crippen LogP contribution in [0.4, 0.5) is 13.6 Å². The summed E-state index contributed by atoms with van der Waals surface area (Å²) in [4.78, 5) is 23.5. The van der Waals surface area contributed by atoms with E-state index in [0.29, 0.717) is 0 Å². The molecule has 128 valence electrons. The van der Waals surface area contributed by atoms with Crippen molar-refractivity contribution in [2.24, 2.45) is 0 Å². The molecule has 1 atom stereocenters. The summed E-state index contributed by atoms with van der Waals surface area (Å²) in [5, 5.41) is 1.92. The lowest BCUT2D eigenvalue weighted by Crippen LogP contribution is -2.45. The number of hydrogen-bond acceptors (Lipinski definition) is 4.